The third-order valence-corrected chi connectivity index (χ3v) is 8.90. The van der Waals surface area contributed by atoms with Gasteiger partial charge in [-0.1, -0.05) is 26.7 Å². The Morgan fingerprint density at radius 2 is 1.70 bits per heavy atom. The lowest BCUT2D eigenvalue weighted by atomic mass is 9.45. The molecule has 2 amide bonds. The third kappa shape index (κ3) is 2.25. The van der Waals surface area contributed by atoms with Crippen molar-refractivity contribution in [2.45, 2.75) is 84.1 Å². The summed E-state index contributed by atoms with van der Waals surface area (Å²) in [6.45, 7) is 5.07. The number of hydrogen-bond donors (Lipinski definition) is 2. The molecule has 0 bridgehead atoms. The van der Waals surface area contributed by atoms with Gasteiger partial charge in [0, 0.05) is 6.04 Å². The maximum atomic E-state index is 11.4. The smallest absolute Gasteiger partial charge is 0.312 e. The van der Waals surface area contributed by atoms with Crippen LogP contribution in [0.3, 0.4) is 0 Å². The van der Waals surface area contributed by atoms with Gasteiger partial charge in [0.2, 0.25) is 0 Å². The second-order valence-corrected chi connectivity index (χ2v) is 9.59. The molecule has 4 fully saturated rings. The van der Waals surface area contributed by atoms with Gasteiger partial charge in [0.25, 0.3) is 0 Å². The van der Waals surface area contributed by atoms with Crippen LogP contribution >= 0.6 is 0 Å². The molecule has 4 aliphatic carbocycles. The van der Waals surface area contributed by atoms with Crippen molar-refractivity contribution in [2.24, 2.45) is 40.2 Å². The zero-order valence-corrected chi connectivity index (χ0v) is 14.9. The number of primary amides is 1. The van der Waals surface area contributed by atoms with E-state index in [1.54, 1.807) is 0 Å². The second-order valence-electron chi connectivity index (χ2n) is 9.59. The molecule has 3 N–H and O–H groups in total. The molecule has 0 saturated heterocycles. The summed E-state index contributed by atoms with van der Waals surface area (Å²) < 4.78 is 0. The zero-order chi connectivity index (χ0) is 16.2. The van der Waals surface area contributed by atoms with Gasteiger partial charge in [0.15, 0.2) is 0 Å². The number of amides is 2. The zero-order valence-electron chi connectivity index (χ0n) is 14.9. The van der Waals surface area contributed by atoms with Gasteiger partial charge in [0.1, 0.15) is 0 Å². The lowest BCUT2D eigenvalue weighted by molar-refractivity contribution is -0.106. The Kier molecular flexibility index (Phi) is 3.70. The molecule has 0 spiro atoms. The Labute approximate surface area is 141 Å². The van der Waals surface area contributed by atoms with Crippen LogP contribution < -0.4 is 11.1 Å². The van der Waals surface area contributed by atoms with Crippen LogP contribution in [0.1, 0.15) is 78.1 Å². The highest BCUT2D eigenvalue weighted by atomic mass is 16.2. The van der Waals surface area contributed by atoms with Crippen LogP contribution in [0.25, 0.3) is 0 Å². The molecule has 4 saturated carbocycles. The van der Waals surface area contributed by atoms with Crippen LogP contribution in [0, 0.1) is 34.5 Å². The number of nitrogens with two attached hydrogens (primary N) is 1. The molecule has 3 nitrogen and oxygen atoms in total. The summed E-state index contributed by atoms with van der Waals surface area (Å²) >= 11 is 0. The summed E-state index contributed by atoms with van der Waals surface area (Å²) in [5.74, 6) is 3.63. The average molecular weight is 319 g/mol. The Morgan fingerprint density at radius 1 is 0.913 bits per heavy atom. The second kappa shape index (κ2) is 5.39. The Hall–Kier alpha value is -0.730. The molecule has 7 atom stereocenters. The molecule has 1 unspecified atom stereocenters. The van der Waals surface area contributed by atoms with E-state index in [1.807, 2.05) is 0 Å². The van der Waals surface area contributed by atoms with Gasteiger partial charge in [-0.25, -0.2) is 4.79 Å². The van der Waals surface area contributed by atoms with Gasteiger partial charge in [-0.15, -0.1) is 0 Å². The molecule has 3 heteroatoms. The number of hydrogen-bond acceptors (Lipinski definition) is 1. The van der Waals surface area contributed by atoms with E-state index in [1.165, 1.54) is 57.8 Å². The van der Waals surface area contributed by atoms with E-state index in [4.69, 9.17) is 5.73 Å². The van der Waals surface area contributed by atoms with Crippen molar-refractivity contribution < 1.29 is 4.79 Å². The highest BCUT2D eigenvalue weighted by Crippen LogP contribution is 2.66. The summed E-state index contributed by atoms with van der Waals surface area (Å²) in [6, 6.07) is -0.0233. The fourth-order valence-electron chi connectivity index (χ4n) is 7.70. The van der Waals surface area contributed by atoms with E-state index in [9.17, 15) is 4.79 Å². The monoisotopic (exact) mass is 318 g/mol. The van der Waals surface area contributed by atoms with E-state index in [-0.39, 0.29) is 11.4 Å². The standard InChI is InChI=1S/C20H34N2O/c1-19-11-4-3-5-13(19)6-7-14-15-8-9-17(22-18(21)23)20(15,2)12-10-16(14)19/h13-17H,3-12H2,1-2H3,(H3,21,22,23)/t13-,14+,15+,16+,17?,19+,20+/m1/s1. The largest absolute Gasteiger partial charge is 0.352 e. The SMILES string of the molecule is C[C@]12CCCC[C@@H]1CC[C@@H]1[C@@H]2CC[C@]2(C)C(NC(N)=O)CC[C@@H]12. The highest BCUT2D eigenvalue weighted by molar-refractivity contribution is 5.72. The van der Waals surface area contributed by atoms with Gasteiger partial charge < -0.3 is 11.1 Å². The van der Waals surface area contributed by atoms with E-state index in [2.05, 4.69) is 19.2 Å². The molecule has 0 aliphatic heterocycles. The third-order valence-electron chi connectivity index (χ3n) is 8.90. The summed E-state index contributed by atoms with van der Waals surface area (Å²) in [7, 11) is 0. The van der Waals surface area contributed by atoms with Crippen molar-refractivity contribution >= 4 is 6.03 Å². The first-order chi connectivity index (χ1) is 10.9. The predicted molar refractivity (Wildman–Crippen MR) is 92.9 cm³/mol. The molecule has 0 aromatic heterocycles. The van der Waals surface area contributed by atoms with Crippen molar-refractivity contribution in [2.75, 3.05) is 0 Å². The molecule has 4 aliphatic rings. The lowest BCUT2D eigenvalue weighted by Crippen LogP contribution is -2.55. The van der Waals surface area contributed by atoms with Crippen LogP contribution in [-0.2, 0) is 0 Å². The first-order valence-electron chi connectivity index (χ1n) is 10.0. The average Bonchev–Trinajstić information content (AvgIpc) is 2.83. The first-order valence-corrected chi connectivity index (χ1v) is 10.0. The van der Waals surface area contributed by atoms with Crippen LogP contribution in [0.5, 0.6) is 0 Å². The summed E-state index contributed by atoms with van der Waals surface area (Å²) in [5, 5.41) is 3.08. The normalized spacial score (nSPS) is 52.2. The molecular weight excluding hydrogens is 284 g/mol. The van der Waals surface area contributed by atoms with Crippen molar-refractivity contribution in [3.8, 4) is 0 Å². The minimum Gasteiger partial charge on any atom is -0.352 e. The minimum atomic E-state index is -0.332. The van der Waals surface area contributed by atoms with Crippen molar-refractivity contribution in [3.63, 3.8) is 0 Å². The van der Waals surface area contributed by atoms with E-state index >= 15 is 0 Å². The summed E-state index contributed by atoms with van der Waals surface area (Å²) in [5.41, 5.74) is 6.34. The van der Waals surface area contributed by atoms with Gasteiger partial charge in [-0.2, -0.15) is 0 Å². The van der Waals surface area contributed by atoms with Crippen molar-refractivity contribution in [3.05, 3.63) is 0 Å². The predicted octanol–water partition coefficient (Wildman–Crippen LogP) is 4.46. The number of carbonyl (C=O) groups is 1. The van der Waals surface area contributed by atoms with Crippen LogP contribution in [0.2, 0.25) is 0 Å². The fourth-order valence-corrected chi connectivity index (χ4v) is 7.70. The van der Waals surface area contributed by atoms with Gasteiger partial charge >= 0.3 is 6.03 Å². The van der Waals surface area contributed by atoms with Crippen LogP contribution in [0.4, 0.5) is 4.79 Å². The number of rotatable bonds is 1. The molecular formula is C20H34N2O. The Bertz CT molecular complexity index is 492. The molecule has 0 aromatic carbocycles. The van der Waals surface area contributed by atoms with E-state index in [0.717, 1.165) is 30.1 Å². The fraction of sp³-hybridized carbons (Fsp3) is 0.950. The number of fused-ring (bicyclic) bond motifs is 5. The molecule has 0 heterocycles. The lowest BCUT2D eigenvalue weighted by Gasteiger charge is -2.60. The number of carbonyl (C=O) groups excluding carboxylic acids is 1. The Morgan fingerprint density at radius 3 is 2.48 bits per heavy atom. The van der Waals surface area contributed by atoms with Crippen molar-refractivity contribution in [1.82, 2.24) is 5.32 Å². The van der Waals surface area contributed by atoms with Gasteiger partial charge in [-0.3, -0.25) is 0 Å². The molecule has 130 valence electrons. The van der Waals surface area contributed by atoms with Gasteiger partial charge in [-0.05, 0) is 85.9 Å². The maximum absolute atomic E-state index is 11.4. The van der Waals surface area contributed by atoms with E-state index in [0.29, 0.717) is 11.5 Å². The Balaban J connectivity index is 1.59. The van der Waals surface area contributed by atoms with Crippen LogP contribution in [0.15, 0.2) is 0 Å². The summed E-state index contributed by atoms with van der Waals surface area (Å²) in [4.78, 5) is 11.4. The minimum absolute atomic E-state index is 0.286. The summed E-state index contributed by atoms with van der Waals surface area (Å²) in [6.07, 6.45) is 13.8. The highest BCUT2D eigenvalue weighted by Gasteiger charge is 2.59. The maximum Gasteiger partial charge on any atom is 0.312 e. The quantitative estimate of drug-likeness (QED) is 0.737. The molecule has 23 heavy (non-hydrogen) atoms. The molecule has 4 rings (SSSR count). The topological polar surface area (TPSA) is 55.1 Å². The first kappa shape index (κ1) is 15.8. The molecule has 0 aromatic rings. The number of urea groups is 1. The molecule has 0 radical (unpaired) electrons. The number of nitrogens with one attached hydrogen (secondary N) is 1. The van der Waals surface area contributed by atoms with Crippen LogP contribution in [-0.4, -0.2) is 12.1 Å². The van der Waals surface area contributed by atoms with Gasteiger partial charge in [0.05, 0.1) is 0 Å². The van der Waals surface area contributed by atoms with E-state index < -0.39 is 0 Å². The van der Waals surface area contributed by atoms with Crippen molar-refractivity contribution in [1.29, 1.82) is 0 Å².